The standard InChI is InChI=1S/C21H41N3O3.HI/c1-5-21(6-2)18(16-19(21)26-8-4)24-20(22-7-3)23-12-9-13-27-17-10-14-25-15-11-17;/h17-19H,5-16H2,1-4H3,(H2,22,23,24);1H. The fourth-order valence-electron chi connectivity index (χ4n) is 4.42. The summed E-state index contributed by atoms with van der Waals surface area (Å²) in [5.41, 5.74) is 0.221. The van der Waals surface area contributed by atoms with Crippen LogP contribution in [0.2, 0.25) is 0 Å². The molecule has 0 aromatic carbocycles. The van der Waals surface area contributed by atoms with Crippen LogP contribution >= 0.6 is 24.0 Å². The van der Waals surface area contributed by atoms with Crippen LogP contribution in [0.5, 0.6) is 0 Å². The van der Waals surface area contributed by atoms with E-state index < -0.39 is 0 Å². The maximum absolute atomic E-state index is 5.99. The highest BCUT2D eigenvalue weighted by atomic mass is 127. The maximum atomic E-state index is 5.99. The molecule has 1 saturated heterocycles. The van der Waals surface area contributed by atoms with Gasteiger partial charge in [-0.15, -0.1) is 24.0 Å². The third kappa shape index (κ3) is 6.99. The number of guanidine groups is 1. The van der Waals surface area contributed by atoms with Crippen LogP contribution in [0, 0.1) is 5.41 Å². The van der Waals surface area contributed by atoms with E-state index in [1.165, 1.54) is 0 Å². The van der Waals surface area contributed by atoms with Crippen molar-refractivity contribution in [2.75, 3.05) is 39.5 Å². The Balaban J connectivity index is 0.00000392. The lowest BCUT2D eigenvalue weighted by atomic mass is 9.58. The van der Waals surface area contributed by atoms with Gasteiger partial charge >= 0.3 is 0 Å². The molecule has 0 aromatic heterocycles. The minimum atomic E-state index is 0. The third-order valence-electron chi connectivity index (χ3n) is 6.22. The summed E-state index contributed by atoms with van der Waals surface area (Å²) in [5, 5.41) is 7.07. The van der Waals surface area contributed by atoms with Gasteiger partial charge in [-0.3, -0.25) is 4.99 Å². The van der Waals surface area contributed by atoms with Crippen LogP contribution in [0.1, 0.15) is 66.2 Å². The highest BCUT2D eigenvalue weighted by Gasteiger charge is 2.53. The van der Waals surface area contributed by atoms with Gasteiger partial charge in [-0.05, 0) is 52.4 Å². The van der Waals surface area contributed by atoms with E-state index >= 15 is 0 Å². The molecule has 28 heavy (non-hydrogen) atoms. The van der Waals surface area contributed by atoms with Crippen LogP contribution in [-0.2, 0) is 14.2 Å². The lowest BCUT2D eigenvalue weighted by Crippen LogP contribution is -2.65. The molecule has 2 atom stereocenters. The number of halogens is 1. The highest BCUT2D eigenvalue weighted by Crippen LogP contribution is 2.48. The first kappa shape index (κ1) is 25.9. The largest absolute Gasteiger partial charge is 0.381 e. The van der Waals surface area contributed by atoms with Crippen LogP contribution in [-0.4, -0.2) is 63.7 Å². The van der Waals surface area contributed by atoms with Crippen LogP contribution in [0.25, 0.3) is 0 Å². The smallest absolute Gasteiger partial charge is 0.191 e. The average Bonchev–Trinajstić information content (AvgIpc) is 2.68. The lowest BCUT2D eigenvalue weighted by molar-refractivity contribution is -0.133. The average molecular weight is 511 g/mol. The topological polar surface area (TPSA) is 64.1 Å². The summed E-state index contributed by atoms with van der Waals surface area (Å²) in [6, 6.07) is 0.431. The molecular formula is C21H42IN3O3. The molecular weight excluding hydrogens is 469 g/mol. The Kier molecular flexibility index (Phi) is 12.9. The van der Waals surface area contributed by atoms with E-state index in [1.54, 1.807) is 0 Å². The summed E-state index contributed by atoms with van der Waals surface area (Å²) in [4.78, 5) is 4.77. The fourth-order valence-corrected chi connectivity index (χ4v) is 4.42. The highest BCUT2D eigenvalue weighted by molar-refractivity contribution is 14.0. The maximum Gasteiger partial charge on any atom is 0.191 e. The Labute approximate surface area is 189 Å². The summed E-state index contributed by atoms with van der Waals surface area (Å²) < 4.78 is 17.3. The zero-order valence-electron chi connectivity index (χ0n) is 18.3. The van der Waals surface area contributed by atoms with Gasteiger partial charge in [0.05, 0.1) is 12.2 Å². The molecule has 1 aliphatic heterocycles. The van der Waals surface area contributed by atoms with Gasteiger partial charge in [0, 0.05) is 51.0 Å². The number of nitrogens with one attached hydrogen (secondary N) is 2. The molecule has 0 bridgehead atoms. The van der Waals surface area contributed by atoms with Crippen molar-refractivity contribution in [2.24, 2.45) is 10.4 Å². The van der Waals surface area contributed by atoms with E-state index in [0.717, 1.165) is 84.0 Å². The van der Waals surface area contributed by atoms with E-state index in [0.29, 0.717) is 18.2 Å². The monoisotopic (exact) mass is 511 g/mol. The minimum absolute atomic E-state index is 0. The molecule has 166 valence electrons. The Hall–Kier alpha value is -0.120. The van der Waals surface area contributed by atoms with Crippen molar-refractivity contribution in [2.45, 2.75) is 84.5 Å². The molecule has 6 nitrogen and oxygen atoms in total. The molecule has 2 fully saturated rings. The predicted octanol–water partition coefficient (Wildman–Crippen LogP) is 3.73. The quantitative estimate of drug-likeness (QED) is 0.192. The minimum Gasteiger partial charge on any atom is -0.381 e. The second kappa shape index (κ2) is 14.0. The molecule has 0 radical (unpaired) electrons. The number of hydrogen-bond donors (Lipinski definition) is 2. The van der Waals surface area contributed by atoms with E-state index in [2.05, 4.69) is 38.3 Å². The van der Waals surface area contributed by atoms with Crippen molar-refractivity contribution in [3.8, 4) is 0 Å². The normalized spacial score (nSPS) is 24.9. The molecule has 2 aliphatic rings. The number of hydrogen-bond acceptors (Lipinski definition) is 4. The van der Waals surface area contributed by atoms with Crippen molar-refractivity contribution in [1.82, 2.24) is 10.6 Å². The zero-order valence-corrected chi connectivity index (χ0v) is 20.6. The van der Waals surface area contributed by atoms with Crippen LogP contribution in [0.4, 0.5) is 0 Å². The van der Waals surface area contributed by atoms with Crippen molar-refractivity contribution in [3.63, 3.8) is 0 Å². The Morgan fingerprint density at radius 3 is 2.43 bits per heavy atom. The van der Waals surface area contributed by atoms with Crippen molar-refractivity contribution < 1.29 is 14.2 Å². The first-order chi connectivity index (χ1) is 13.2. The van der Waals surface area contributed by atoms with Gasteiger partial charge in [-0.25, -0.2) is 0 Å². The number of rotatable bonds is 11. The number of aliphatic imine (C=N–C) groups is 1. The molecule has 0 aromatic rings. The summed E-state index contributed by atoms with van der Waals surface area (Å²) in [5.74, 6) is 0.926. The first-order valence-corrected chi connectivity index (χ1v) is 11.1. The van der Waals surface area contributed by atoms with Crippen molar-refractivity contribution >= 4 is 29.9 Å². The van der Waals surface area contributed by atoms with Crippen LogP contribution < -0.4 is 10.6 Å². The molecule has 7 heteroatoms. The summed E-state index contributed by atoms with van der Waals surface area (Å²) in [7, 11) is 0. The molecule has 2 rings (SSSR count). The molecule has 2 N–H and O–H groups in total. The second-order valence-electron chi connectivity index (χ2n) is 7.61. The Bertz CT molecular complexity index is 441. The van der Waals surface area contributed by atoms with Gasteiger partial charge in [0.15, 0.2) is 5.96 Å². The van der Waals surface area contributed by atoms with Crippen LogP contribution in [0.3, 0.4) is 0 Å². The molecule has 2 unspecified atom stereocenters. The second-order valence-corrected chi connectivity index (χ2v) is 7.61. The van der Waals surface area contributed by atoms with E-state index in [9.17, 15) is 0 Å². The predicted molar refractivity (Wildman–Crippen MR) is 126 cm³/mol. The molecule has 1 aliphatic carbocycles. The van der Waals surface area contributed by atoms with Gasteiger partial charge in [0.2, 0.25) is 0 Å². The summed E-state index contributed by atoms with van der Waals surface area (Å²) in [6.07, 6.45) is 7.05. The molecule has 0 amide bonds. The Morgan fingerprint density at radius 1 is 1.11 bits per heavy atom. The molecule has 1 saturated carbocycles. The van der Waals surface area contributed by atoms with Crippen molar-refractivity contribution in [1.29, 1.82) is 0 Å². The fraction of sp³-hybridized carbons (Fsp3) is 0.952. The van der Waals surface area contributed by atoms with E-state index in [4.69, 9.17) is 19.2 Å². The Morgan fingerprint density at radius 2 is 1.82 bits per heavy atom. The number of ether oxygens (including phenoxy) is 3. The zero-order chi connectivity index (χ0) is 19.5. The van der Waals surface area contributed by atoms with Gasteiger partial charge < -0.3 is 24.8 Å². The molecule has 0 spiro atoms. The van der Waals surface area contributed by atoms with E-state index in [-0.39, 0.29) is 29.4 Å². The van der Waals surface area contributed by atoms with Gasteiger partial charge in [0.25, 0.3) is 0 Å². The third-order valence-corrected chi connectivity index (χ3v) is 6.22. The van der Waals surface area contributed by atoms with Crippen LogP contribution in [0.15, 0.2) is 4.99 Å². The molecule has 1 heterocycles. The summed E-state index contributed by atoms with van der Waals surface area (Å²) in [6.45, 7) is 13.6. The lowest BCUT2D eigenvalue weighted by Gasteiger charge is -2.55. The SMILES string of the molecule is CCNC(=NCCCOC1CCOCC1)NC1CC(OCC)C1(CC)CC.I. The van der Waals surface area contributed by atoms with Gasteiger partial charge in [-0.2, -0.15) is 0 Å². The van der Waals surface area contributed by atoms with E-state index in [1.807, 2.05) is 0 Å². The van der Waals surface area contributed by atoms with Gasteiger partial charge in [0.1, 0.15) is 0 Å². The first-order valence-electron chi connectivity index (χ1n) is 11.1. The van der Waals surface area contributed by atoms with Crippen molar-refractivity contribution in [3.05, 3.63) is 0 Å². The summed E-state index contributed by atoms with van der Waals surface area (Å²) >= 11 is 0. The number of nitrogens with zero attached hydrogens (tertiary/aromatic N) is 1. The van der Waals surface area contributed by atoms with Gasteiger partial charge in [-0.1, -0.05) is 13.8 Å².